The number of thiazole rings is 1. The molecule has 0 N–H and O–H groups in total. The molecule has 1 atom stereocenters. The fraction of sp³-hybridized carbons (Fsp3) is 0.0625. The normalized spacial score (nSPS) is 12.0. The van der Waals surface area contributed by atoms with E-state index < -0.39 is 11.7 Å². The number of ketones is 1. The topological polar surface area (TPSA) is 53.8 Å². The summed E-state index contributed by atoms with van der Waals surface area (Å²) in [6.07, 6.45) is 0. The van der Waals surface area contributed by atoms with E-state index in [4.69, 9.17) is 0 Å². The molecule has 3 nitrogen and oxygen atoms in total. The molecule has 1 heterocycles. The van der Waals surface area contributed by atoms with Crippen molar-refractivity contribution in [2.45, 2.75) is 5.92 Å². The molecule has 0 saturated heterocycles. The van der Waals surface area contributed by atoms with Crippen LogP contribution in [0.15, 0.2) is 48.5 Å². The molecule has 0 aliphatic rings. The van der Waals surface area contributed by atoms with Gasteiger partial charge in [-0.05, 0) is 36.4 Å². The lowest BCUT2D eigenvalue weighted by Crippen LogP contribution is -2.11. The van der Waals surface area contributed by atoms with Gasteiger partial charge in [-0.1, -0.05) is 12.1 Å². The van der Waals surface area contributed by atoms with Gasteiger partial charge in [0.05, 0.1) is 16.3 Å². The van der Waals surface area contributed by atoms with Gasteiger partial charge >= 0.3 is 0 Å². The molecular weight excluding hydrogens is 287 g/mol. The molecule has 0 saturated carbocycles. The number of carbonyl (C=O) groups is 1. The molecule has 2 aromatic carbocycles. The highest BCUT2D eigenvalue weighted by Crippen LogP contribution is 2.29. The summed E-state index contributed by atoms with van der Waals surface area (Å²) in [7, 11) is 0. The van der Waals surface area contributed by atoms with Crippen molar-refractivity contribution in [1.29, 1.82) is 5.26 Å². The van der Waals surface area contributed by atoms with Crippen LogP contribution in [0.2, 0.25) is 0 Å². The van der Waals surface area contributed by atoms with E-state index in [2.05, 4.69) is 4.98 Å². The van der Waals surface area contributed by atoms with Crippen LogP contribution < -0.4 is 0 Å². The quantitative estimate of drug-likeness (QED) is 0.688. The molecule has 3 rings (SSSR count). The Balaban J connectivity index is 1.99. The van der Waals surface area contributed by atoms with Crippen molar-refractivity contribution in [3.8, 4) is 6.07 Å². The molecule has 0 amide bonds. The molecule has 0 fully saturated rings. The largest absolute Gasteiger partial charge is 0.292 e. The second-order valence-corrected chi connectivity index (χ2v) is 5.52. The van der Waals surface area contributed by atoms with E-state index in [1.807, 2.05) is 30.3 Å². The van der Waals surface area contributed by atoms with Crippen LogP contribution in [0.25, 0.3) is 10.2 Å². The summed E-state index contributed by atoms with van der Waals surface area (Å²) >= 11 is 1.33. The van der Waals surface area contributed by atoms with Crippen LogP contribution in [-0.2, 0) is 0 Å². The van der Waals surface area contributed by atoms with Gasteiger partial charge in [0.1, 0.15) is 10.8 Å². The number of rotatable bonds is 3. The van der Waals surface area contributed by atoms with Crippen molar-refractivity contribution in [1.82, 2.24) is 4.98 Å². The zero-order chi connectivity index (χ0) is 14.8. The predicted molar refractivity (Wildman–Crippen MR) is 78.7 cm³/mol. The third kappa shape index (κ3) is 2.54. The molecule has 5 heteroatoms. The van der Waals surface area contributed by atoms with Crippen LogP contribution in [0.1, 0.15) is 21.3 Å². The minimum absolute atomic E-state index is 0.308. The highest BCUT2D eigenvalue weighted by Gasteiger charge is 2.25. The zero-order valence-electron chi connectivity index (χ0n) is 10.8. The fourth-order valence-electron chi connectivity index (χ4n) is 2.02. The maximum atomic E-state index is 12.9. The van der Waals surface area contributed by atoms with Gasteiger partial charge < -0.3 is 0 Å². The molecule has 0 radical (unpaired) electrons. The van der Waals surface area contributed by atoms with Crippen molar-refractivity contribution in [3.63, 3.8) is 0 Å². The van der Waals surface area contributed by atoms with Crippen LogP contribution in [0.4, 0.5) is 4.39 Å². The zero-order valence-corrected chi connectivity index (χ0v) is 11.6. The Morgan fingerprint density at radius 3 is 2.57 bits per heavy atom. The molecule has 0 spiro atoms. The van der Waals surface area contributed by atoms with Crippen LogP contribution >= 0.6 is 11.3 Å². The number of nitrogens with zero attached hydrogens (tertiary/aromatic N) is 2. The average Bonchev–Trinajstić information content (AvgIpc) is 2.92. The van der Waals surface area contributed by atoms with Gasteiger partial charge in [0.2, 0.25) is 0 Å². The van der Waals surface area contributed by atoms with E-state index in [1.54, 1.807) is 0 Å². The fourth-order valence-corrected chi connectivity index (χ4v) is 3.03. The Labute approximate surface area is 124 Å². The van der Waals surface area contributed by atoms with E-state index in [0.717, 1.165) is 10.2 Å². The number of carbonyl (C=O) groups excluding carboxylic acids is 1. The summed E-state index contributed by atoms with van der Waals surface area (Å²) in [6.45, 7) is 0. The number of hydrogen-bond donors (Lipinski definition) is 0. The molecule has 1 aromatic heterocycles. The van der Waals surface area contributed by atoms with Crippen LogP contribution in [0, 0.1) is 17.1 Å². The molecular formula is C16H9FN2OS. The highest BCUT2D eigenvalue weighted by molar-refractivity contribution is 7.18. The number of hydrogen-bond acceptors (Lipinski definition) is 4. The Kier molecular flexibility index (Phi) is 3.46. The predicted octanol–water partition coefficient (Wildman–Crippen LogP) is 3.93. The number of fused-ring (bicyclic) bond motifs is 1. The molecule has 0 unspecified atom stereocenters. The lowest BCUT2D eigenvalue weighted by Gasteiger charge is -2.04. The van der Waals surface area contributed by atoms with E-state index in [9.17, 15) is 14.4 Å². The van der Waals surface area contributed by atoms with E-state index >= 15 is 0 Å². The van der Waals surface area contributed by atoms with E-state index in [1.165, 1.54) is 35.6 Å². The monoisotopic (exact) mass is 296 g/mol. The minimum Gasteiger partial charge on any atom is -0.292 e. The van der Waals surface area contributed by atoms with Gasteiger partial charge in [0, 0.05) is 5.56 Å². The summed E-state index contributed by atoms with van der Waals surface area (Å²) in [5.74, 6) is -1.75. The standard InChI is InChI=1S/C16H9FN2OS/c17-11-7-5-10(6-8-11)15(20)12(9-18)16-19-13-3-1-2-4-14(13)21-16/h1-8,12H/t12-/m1/s1. The summed E-state index contributed by atoms with van der Waals surface area (Å²) in [5, 5.41) is 9.78. The summed E-state index contributed by atoms with van der Waals surface area (Å²) < 4.78 is 13.8. The molecule has 0 aliphatic carbocycles. The van der Waals surface area contributed by atoms with Crippen molar-refractivity contribution >= 4 is 27.3 Å². The number of aromatic nitrogens is 1. The first-order valence-corrected chi connectivity index (χ1v) is 7.05. The van der Waals surface area contributed by atoms with Gasteiger partial charge in [-0.15, -0.1) is 11.3 Å². The van der Waals surface area contributed by atoms with Gasteiger partial charge in [-0.3, -0.25) is 4.79 Å². The Bertz CT molecular complexity index is 816. The number of halogens is 1. The molecule has 21 heavy (non-hydrogen) atoms. The molecule has 0 bridgehead atoms. The lowest BCUT2D eigenvalue weighted by molar-refractivity contribution is 0.0979. The maximum Gasteiger partial charge on any atom is 0.186 e. The van der Waals surface area contributed by atoms with Gasteiger partial charge in [-0.2, -0.15) is 5.26 Å². The lowest BCUT2D eigenvalue weighted by atomic mass is 9.99. The van der Waals surface area contributed by atoms with Gasteiger partial charge in [0.15, 0.2) is 11.7 Å². The van der Waals surface area contributed by atoms with Gasteiger partial charge in [-0.25, -0.2) is 9.37 Å². The van der Waals surface area contributed by atoms with Crippen LogP contribution in [-0.4, -0.2) is 10.8 Å². The smallest absolute Gasteiger partial charge is 0.186 e. The van der Waals surface area contributed by atoms with Crippen molar-refractivity contribution in [2.75, 3.05) is 0 Å². The number of para-hydroxylation sites is 1. The van der Waals surface area contributed by atoms with Crippen molar-refractivity contribution < 1.29 is 9.18 Å². The Morgan fingerprint density at radius 2 is 1.90 bits per heavy atom. The average molecular weight is 296 g/mol. The minimum atomic E-state index is -0.965. The summed E-state index contributed by atoms with van der Waals surface area (Å²) in [5.41, 5.74) is 1.08. The van der Waals surface area contributed by atoms with E-state index in [-0.39, 0.29) is 5.78 Å². The van der Waals surface area contributed by atoms with Gasteiger partial charge in [0.25, 0.3) is 0 Å². The molecule has 0 aliphatic heterocycles. The number of nitriles is 1. The summed E-state index contributed by atoms with van der Waals surface area (Å²) in [4.78, 5) is 16.7. The first-order valence-electron chi connectivity index (χ1n) is 6.24. The summed E-state index contributed by atoms with van der Waals surface area (Å²) in [6, 6.07) is 14.7. The Hall–Kier alpha value is -2.58. The maximum absolute atomic E-state index is 12.9. The molecule has 3 aromatic rings. The molecule has 102 valence electrons. The van der Waals surface area contributed by atoms with Crippen molar-refractivity contribution in [2.24, 2.45) is 0 Å². The SMILES string of the molecule is N#C[C@H](C(=O)c1ccc(F)cc1)c1nc2ccccc2s1. The number of benzene rings is 2. The van der Waals surface area contributed by atoms with Crippen molar-refractivity contribution in [3.05, 3.63) is 64.9 Å². The van der Waals surface area contributed by atoms with Crippen LogP contribution in [0.3, 0.4) is 0 Å². The van der Waals surface area contributed by atoms with Crippen LogP contribution in [0.5, 0.6) is 0 Å². The number of Topliss-reactive ketones (excluding diaryl/α,β-unsaturated/α-hetero) is 1. The third-order valence-electron chi connectivity index (χ3n) is 3.08. The van der Waals surface area contributed by atoms with E-state index in [0.29, 0.717) is 10.6 Å². The first-order chi connectivity index (χ1) is 10.2. The highest BCUT2D eigenvalue weighted by atomic mass is 32.1. The second-order valence-electron chi connectivity index (χ2n) is 4.45. The second kappa shape index (κ2) is 5.43. The Morgan fingerprint density at radius 1 is 1.19 bits per heavy atom. The third-order valence-corrected chi connectivity index (χ3v) is 4.18. The first kappa shape index (κ1) is 13.4.